The summed E-state index contributed by atoms with van der Waals surface area (Å²) in [6.07, 6.45) is 0.387. The first kappa shape index (κ1) is 20.5. The number of primary amides is 1. The van der Waals surface area contributed by atoms with Gasteiger partial charge in [-0.25, -0.2) is 24.1 Å². The normalized spacial score (nSPS) is 11.8. The van der Waals surface area contributed by atoms with Crippen LogP contribution in [0.25, 0.3) is 11.0 Å². The van der Waals surface area contributed by atoms with E-state index in [0.717, 1.165) is 0 Å². The molecule has 0 radical (unpaired) electrons. The standard InChI is InChI=1S/C19H19ClFN5O3/c1-11(29-19(22)27)13-9-12(21)3-5-15(13)28-8-2-7-23-18-17-14(24-10-25-18)4-6-16(20)26-17/h3-6,9-11H,2,7-8H2,1H3,(H2,22,27)(H,23,24,25). The van der Waals surface area contributed by atoms with Crippen LogP contribution in [-0.4, -0.2) is 34.2 Å². The summed E-state index contributed by atoms with van der Waals surface area (Å²) in [5, 5.41) is 3.53. The van der Waals surface area contributed by atoms with Crippen molar-refractivity contribution in [3.05, 3.63) is 53.2 Å². The van der Waals surface area contributed by atoms with E-state index >= 15 is 0 Å². The molecule has 0 aliphatic carbocycles. The SMILES string of the molecule is CC(OC(N)=O)c1cc(F)ccc1OCCCNc1ncnc2ccc(Cl)nc12. The summed E-state index contributed by atoms with van der Waals surface area (Å²) in [6.45, 7) is 2.47. The Hall–Kier alpha value is -3.20. The molecule has 0 fully saturated rings. The van der Waals surface area contributed by atoms with E-state index in [1.165, 1.54) is 24.5 Å². The monoisotopic (exact) mass is 419 g/mol. The lowest BCUT2D eigenvalue weighted by molar-refractivity contribution is 0.114. The molecule has 1 aromatic carbocycles. The van der Waals surface area contributed by atoms with E-state index in [9.17, 15) is 9.18 Å². The highest BCUT2D eigenvalue weighted by atomic mass is 35.5. The van der Waals surface area contributed by atoms with Crippen LogP contribution in [0.2, 0.25) is 5.15 Å². The third kappa shape index (κ3) is 5.41. The first-order valence-electron chi connectivity index (χ1n) is 8.83. The van der Waals surface area contributed by atoms with Gasteiger partial charge < -0.3 is 20.5 Å². The van der Waals surface area contributed by atoms with Gasteiger partial charge in [0.2, 0.25) is 0 Å². The molecule has 0 aliphatic rings. The molecule has 29 heavy (non-hydrogen) atoms. The van der Waals surface area contributed by atoms with Crippen LogP contribution in [-0.2, 0) is 4.74 Å². The molecular weight excluding hydrogens is 401 g/mol. The largest absolute Gasteiger partial charge is 0.493 e. The molecule has 0 saturated heterocycles. The minimum absolute atomic E-state index is 0.339. The van der Waals surface area contributed by atoms with E-state index < -0.39 is 18.0 Å². The third-order valence-electron chi connectivity index (χ3n) is 4.02. The lowest BCUT2D eigenvalue weighted by atomic mass is 10.1. The number of anilines is 1. The molecule has 3 rings (SSSR count). The Balaban J connectivity index is 1.58. The summed E-state index contributed by atoms with van der Waals surface area (Å²) in [6, 6.07) is 7.45. The summed E-state index contributed by atoms with van der Waals surface area (Å²) in [4.78, 5) is 23.5. The van der Waals surface area contributed by atoms with Gasteiger partial charge in [0.1, 0.15) is 34.7 Å². The Morgan fingerprint density at radius 3 is 2.93 bits per heavy atom. The van der Waals surface area contributed by atoms with E-state index in [0.29, 0.717) is 52.9 Å². The van der Waals surface area contributed by atoms with Crippen molar-refractivity contribution < 1.29 is 18.7 Å². The second kappa shape index (κ2) is 9.33. The summed E-state index contributed by atoms with van der Waals surface area (Å²) in [5.41, 5.74) is 6.70. The number of carbonyl (C=O) groups is 1. The van der Waals surface area contributed by atoms with Crippen LogP contribution in [0.15, 0.2) is 36.7 Å². The highest BCUT2D eigenvalue weighted by molar-refractivity contribution is 6.29. The number of amides is 1. The first-order chi connectivity index (χ1) is 13.9. The lowest BCUT2D eigenvalue weighted by Gasteiger charge is -2.17. The van der Waals surface area contributed by atoms with Crippen molar-refractivity contribution in [3.63, 3.8) is 0 Å². The number of nitrogens with one attached hydrogen (secondary N) is 1. The maximum Gasteiger partial charge on any atom is 0.405 e. The van der Waals surface area contributed by atoms with Crippen LogP contribution in [0, 0.1) is 5.82 Å². The molecule has 3 aromatic rings. The van der Waals surface area contributed by atoms with Gasteiger partial charge in [-0.2, -0.15) is 0 Å². The molecule has 3 N–H and O–H groups in total. The highest BCUT2D eigenvalue weighted by Gasteiger charge is 2.16. The van der Waals surface area contributed by atoms with Crippen molar-refractivity contribution in [2.75, 3.05) is 18.5 Å². The van der Waals surface area contributed by atoms with Gasteiger partial charge in [-0.3, -0.25) is 0 Å². The molecule has 0 spiro atoms. The maximum atomic E-state index is 13.6. The highest BCUT2D eigenvalue weighted by Crippen LogP contribution is 2.28. The van der Waals surface area contributed by atoms with Crippen molar-refractivity contribution in [1.29, 1.82) is 0 Å². The Morgan fingerprint density at radius 1 is 1.31 bits per heavy atom. The minimum Gasteiger partial charge on any atom is -0.493 e. The van der Waals surface area contributed by atoms with E-state index in [4.69, 9.17) is 26.8 Å². The Bertz CT molecular complexity index is 1020. The summed E-state index contributed by atoms with van der Waals surface area (Å²) in [7, 11) is 0. The van der Waals surface area contributed by atoms with Crippen LogP contribution >= 0.6 is 11.6 Å². The van der Waals surface area contributed by atoms with Crippen molar-refractivity contribution >= 4 is 34.5 Å². The lowest BCUT2D eigenvalue weighted by Crippen LogP contribution is -2.16. The molecule has 8 nitrogen and oxygen atoms in total. The molecule has 2 heterocycles. The zero-order valence-electron chi connectivity index (χ0n) is 15.6. The fourth-order valence-electron chi connectivity index (χ4n) is 2.71. The molecule has 1 unspecified atom stereocenters. The van der Waals surface area contributed by atoms with Crippen LogP contribution in [0.5, 0.6) is 5.75 Å². The van der Waals surface area contributed by atoms with E-state index in [1.807, 2.05) is 0 Å². The molecule has 2 aromatic heterocycles. The van der Waals surface area contributed by atoms with Gasteiger partial charge in [0.05, 0.1) is 12.1 Å². The molecular formula is C19H19ClFN5O3. The van der Waals surface area contributed by atoms with Crippen LogP contribution in [0.3, 0.4) is 0 Å². The molecule has 152 valence electrons. The van der Waals surface area contributed by atoms with Gasteiger partial charge in [0.15, 0.2) is 5.82 Å². The number of fused-ring (bicyclic) bond motifs is 1. The van der Waals surface area contributed by atoms with Gasteiger partial charge in [-0.05, 0) is 43.7 Å². The Kier molecular flexibility index (Phi) is 6.61. The van der Waals surface area contributed by atoms with Crippen LogP contribution in [0.1, 0.15) is 25.0 Å². The summed E-state index contributed by atoms with van der Waals surface area (Å²) >= 11 is 5.94. The first-order valence-corrected chi connectivity index (χ1v) is 9.21. The summed E-state index contributed by atoms with van der Waals surface area (Å²) in [5.74, 6) is 0.528. The quantitative estimate of drug-likeness (QED) is 0.421. The second-order valence-electron chi connectivity index (χ2n) is 6.11. The Morgan fingerprint density at radius 2 is 2.14 bits per heavy atom. The number of halogens is 2. The average molecular weight is 420 g/mol. The van der Waals surface area contributed by atoms with Crippen molar-refractivity contribution in [2.45, 2.75) is 19.4 Å². The number of hydrogen-bond donors (Lipinski definition) is 2. The average Bonchev–Trinajstić information content (AvgIpc) is 2.68. The zero-order chi connectivity index (χ0) is 20.8. The number of nitrogens with zero attached hydrogens (tertiary/aromatic N) is 3. The van der Waals surface area contributed by atoms with Gasteiger partial charge >= 0.3 is 6.09 Å². The van der Waals surface area contributed by atoms with Gasteiger partial charge in [-0.15, -0.1) is 0 Å². The van der Waals surface area contributed by atoms with Crippen LogP contribution in [0.4, 0.5) is 15.0 Å². The number of pyridine rings is 1. The van der Waals surface area contributed by atoms with E-state index in [2.05, 4.69) is 20.3 Å². The van der Waals surface area contributed by atoms with Crippen LogP contribution < -0.4 is 15.8 Å². The predicted molar refractivity (Wildman–Crippen MR) is 106 cm³/mol. The van der Waals surface area contributed by atoms with Crippen molar-refractivity contribution in [1.82, 2.24) is 15.0 Å². The third-order valence-corrected chi connectivity index (χ3v) is 4.23. The molecule has 0 aliphatic heterocycles. The van der Waals surface area contributed by atoms with E-state index in [1.54, 1.807) is 19.1 Å². The second-order valence-corrected chi connectivity index (χ2v) is 6.50. The molecule has 0 saturated carbocycles. The summed E-state index contributed by atoms with van der Waals surface area (Å²) < 4.78 is 24.2. The zero-order valence-corrected chi connectivity index (χ0v) is 16.3. The smallest absolute Gasteiger partial charge is 0.405 e. The van der Waals surface area contributed by atoms with Gasteiger partial charge in [0.25, 0.3) is 0 Å². The van der Waals surface area contributed by atoms with Gasteiger partial charge in [0, 0.05) is 12.1 Å². The fourth-order valence-corrected chi connectivity index (χ4v) is 2.86. The number of ether oxygens (including phenoxy) is 2. The minimum atomic E-state index is -0.942. The number of hydrogen-bond acceptors (Lipinski definition) is 7. The molecule has 1 amide bonds. The Labute approximate surface area is 171 Å². The van der Waals surface area contributed by atoms with Crippen molar-refractivity contribution in [3.8, 4) is 5.75 Å². The number of carbonyl (C=O) groups excluding carboxylic acids is 1. The number of rotatable bonds is 8. The fraction of sp³-hybridized carbons (Fsp3) is 0.263. The molecule has 1 atom stereocenters. The van der Waals surface area contributed by atoms with Crippen molar-refractivity contribution in [2.24, 2.45) is 5.73 Å². The van der Waals surface area contributed by atoms with E-state index in [-0.39, 0.29) is 0 Å². The number of aromatic nitrogens is 3. The van der Waals surface area contributed by atoms with Gasteiger partial charge in [-0.1, -0.05) is 11.6 Å². The number of benzene rings is 1. The number of nitrogens with two attached hydrogens (primary N) is 1. The maximum absolute atomic E-state index is 13.6. The predicted octanol–water partition coefficient (Wildman–Crippen LogP) is 3.85. The molecule has 0 bridgehead atoms. The topological polar surface area (TPSA) is 112 Å². The molecule has 10 heteroatoms.